The Morgan fingerprint density at radius 2 is 2.00 bits per heavy atom. The summed E-state index contributed by atoms with van der Waals surface area (Å²) in [6.07, 6.45) is 0.828. The number of aryl methyl sites for hydroxylation is 1. The molecule has 0 radical (unpaired) electrons. The van der Waals surface area contributed by atoms with Crippen LogP contribution in [0, 0.1) is 12.7 Å². The number of hydrogen-bond donors (Lipinski definition) is 2. The largest absolute Gasteiger partial charge is 0.480 e. The van der Waals surface area contributed by atoms with Crippen LogP contribution in [-0.4, -0.2) is 34.0 Å². The number of hydrogen-bond acceptors (Lipinski definition) is 4. The number of nitrogens with one attached hydrogen (secondary N) is 1. The Bertz CT molecular complexity index is 781. The van der Waals surface area contributed by atoms with E-state index < -0.39 is 17.4 Å². The van der Waals surface area contributed by atoms with Crippen LogP contribution in [0.15, 0.2) is 18.2 Å². The molecule has 1 saturated heterocycles. The first kappa shape index (κ1) is 16.3. The smallest absolute Gasteiger partial charge is 0.329 e. The van der Waals surface area contributed by atoms with Gasteiger partial charge in [-0.15, -0.1) is 11.3 Å². The second-order valence-corrected chi connectivity index (χ2v) is 7.93. The van der Waals surface area contributed by atoms with Crippen molar-refractivity contribution in [2.45, 2.75) is 25.3 Å². The van der Waals surface area contributed by atoms with Gasteiger partial charge in [0.05, 0.1) is 4.88 Å². The molecule has 1 aromatic carbocycles. The zero-order valence-corrected chi connectivity index (χ0v) is 14.2. The number of carboxylic acids is 1. The number of carbonyl (C=O) groups excluding carboxylic acids is 1. The standard InChI is InChI=1S/C16H16FNO3S2/c1-9-11-8-10(17)2-3-12(11)23-13(9)14(19)18-16(15(20)21)4-6-22-7-5-16/h2-3,8H,4-7H2,1H3,(H,18,19)(H,20,21). The Hall–Kier alpha value is -1.60. The Morgan fingerprint density at radius 3 is 2.65 bits per heavy atom. The molecule has 1 fully saturated rings. The summed E-state index contributed by atoms with van der Waals surface area (Å²) in [6.45, 7) is 1.76. The van der Waals surface area contributed by atoms with Crippen molar-refractivity contribution in [1.29, 1.82) is 0 Å². The fraction of sp³-hybridized carbons (Fsp3) is 0.375. The normalized spacial score (nSPS) is 17.1. The van der Waals surface area contributed by atoms with Crippen molar-refractivity contribution in [3.05, 3.63) is 34.5 Å². The molecule has 1 aliphatic heterocycles. The number of carbonyl (C=O) groups is 2. The minimum Gasteiger partial charge on any atom is -0.480 e. The summed E-state index contributed by atoms with van der Waals surface area (Å²) in [4.78, 5) is 24.8. The molecule has 3 rings (SSSR count). The molecule has 0 spiro atoms. The number of rotatable bonds is 3. The average Bonchev–Trinajstić information content (AvgIpc) is 2.85. The van der Waals surface area contributed by atoms with E-state index in [9.17, 15) is 19.1 Å². The highest BCUT2D eigenvalue weighted by Crippen LogP contribution is 2.33. The second-order valence-electron chi connectivity index (χ2n) is 5.65. The van der Waals surface area contributed by atoms with E-state index in [0.717, 1.165) is 4.70 Å². The van der Waals surface area contributed by atoms with E-state index in [1.54, 1.807) is 24.8 Å². The fourth-order valence-electron chi connectivity index (χ4n) is 2.80. The monoisotopic (exact) mass is 353 g/mol. The summed E-state index contributed by atoms with van der Waals surface area (Å²) >= 11 is 2.96. The molecule has 0 aliphatic carbocycles. The van der Waals surface area contributed by atoms with Gasteiger partial charge >= 0.3 is 5.97 Å². The Morgan fingerprint density at radius 1 is 1.30 bits per heavy atom. The van der Waals surface area contributed by atoms with Gasteiger partial charge in [-0.05, 0) is 60.4 Å². The van der Waals surface area contributed by atoms with Gasteiger partial charge in [0, 0.05) is 4.70 Å². The van der Waals surface area contributed by atoms with Crippen LogP contribution in [-0.2, 0) is 4.79 Å². The van der Waals surface area contributed by atoms with Crippen LogP contribution >= 0.6 is 23.1 Å². The van der Waals surface area contributed by atoms with Gasteiger partial charge in [0.1, 0.15) is 11.4 Å². The molecule has 2 N–H and O–H groups in total. The van der Waals surface area contributed by atoms with Gasteiger partial charge < -0.3 is 10.4 Å². The summed E-state index contributed by atoms with van der Waals surface area (Å²) in [5.41, 5.74) is -0.511. The van der Waals surface area contributed by atoms with Crippen LogP contribution in [0.4, 0.5) is 4.39 Å². The number of amides is 1. The van der Waals surface area contributed by atoms with Gasteiger partial charge in [0.25, 0.3) is 5.91 Å². The van der Waals surface area contributed by atoms with E-state index in [1.165, 1.54) is 23.5 Å². The molecule has 23 heavy (non-hydrogen) atoms. The summed E-state index contributed by atoms with van der Waals surface area (Å²) in [5.74, 6) is -0.308. The predicted octanol–water partition coefficient (Wildman–Crippen LogP) is 3.43. The maximum Gasteiger partial charge on any atom is 0.329 e. The quantitative estimate of drug-likeness (QED) is 0.887. The van der Waals surface area contributed by atoms with Crippen molar-refractivity contribution in [3.8, 4) is 0 Å². The molecule has 0 atom stereocenters. The predicted molar refractivity (Wildman–Crippen MR) is 90.9 cm³/mol. The van der Waals surface area contributed by atoms with Gasteiger partial charge in [-0.3, -0.25) is 4.79 Å². The van der Waals surface area contributed by atoms with Crippen molar-refractivity contribution in [2.75, 3.05) is 11.5 Å². The van der Waals surface area contributed by atoms with Crippen LogP contribution in [0.25, 0.3) is 10.1 Å². The lowest BCUT2D eigenvalue weighted by Gasteiger charge is -2.33. The first-order chi connectivity index (χ1) is 10.9. The summed E-state index contributed by atoms with van der Waals surface area (Å²) < 4.78 is 14.2. The number of carboxylic acid groups (broad SMARTS) is 1. The topological polar surface area (TPSA) is 66.4 Å². The highest BCUT2D eigenvalue weighted by atomic mass is 32.2. The third-order valence-corrected chi connectivity index (χ3v) is 6.47. The lowest BCUT2D eigenvalue weighted by atomic mass is 9.92. The number of aliphatic carboxylic acids is 1. The minimum atomic E-state index is -1.20. The van der Waals surface area contributed by atoms with Crippen LogP contribution in [0.2, 0.25) is 0 Å². The van der Waals surface area contributed by atoms with Crippen molar-refractivity contribution in [2.24, 2.45) is 0 Å². The molecule has 2 aromatic rings. The van der Waals surface area contributed by atoms with Gasteiger partial charge in [-0.1, -0.05) is 0 Å². The highest BCUT2D eigenvalue weighted by molar-refractivity contribution is 7.99. The summed E-state index contributed by atoms with van der Waals surface area (Å²) in [7, 11) is 0. The first-order valence-electron chi connectivity index (χ1n) is 7.25. The molecule has 1 amide bonds. The summed E-state index contributed by atoms with van der Waals surface area (Å²) in [5, 5.41) is 13.0. The zero-order valence-electron chi connectivity index (χ0n) is 12.5. The fourth-order valence-corrected chi connectivity index (χ4v) is 5.07. The van der Waals surface area contributed by atoms with Crippen LogP contribution in [0.1, 0.15) is 28.1 Å². The van der Waals surface area contributed by atoms with Crippen molar-refractivity contribution >= 4 is 45.1 Å². The Labute approximate surface area is 141 Å². The Balaban J connectivity index is 1.94. The van der Waals surface area contributed by atoms with E-state index in [0.29, 0.717) is 40.2 Å². The molecule has 0 unspecified atom stereocenters. The lowest BCUT2D eigenvalue weighted by Crippen LogP contribution is -2.56. The van der Waals surface area contributed by atoms with Crippen LogP contribution in [0.3, 0.4) is 0 Å². The van der Waals surface area contributed by atoms with Crippen molar-refractivity contribution in [3.63, 3.8) is 0 Å². The maximum absolute atomic E-state index is 13.4. The van der Waals surface area contributed by atoms with E-state index in [1.807, 2.05) is 0 Å². The number of benzene rings is 1. The summed E-state index contributed by atoms with van der Waals surface area (Å²) in [6, 6.07) is 4.41. The van der Waals surface area contributed by atoms with E-state index >= 15 is 0 Å². The number of thiophene rings is 1. The number of thioether (sulfide) groups is 1. The Kier molecular flexibility index (Phi) is 4.33. The van der Waals surface area contributed by atoms with E-state index in [2.05, 4.69) is 5.32 Å². The molecule has 7 heteroatoms. The first-order valence-corrected chi connectivity index (χ1v) is 9.22. The third-order valence-electron chi connectivity index (χ3n) is 4.21. The molecule has 2 heterocycles. The molecular formula is C16H16FNO3S2. The second kappa shape index (κ2) is 6.13. The van der Waals surface area contributed by atoms with Gasteiger partial charge in [0.15, 0.2) is 0 Å². The zero-order chi connectivity index (χ0) is 16.6. The average molecular weight is 353 g/mol. The minimum absolute atomic E-state index is 0.350. The molecule has 0 bridgehead atoms. The SMILES string of the molecule is Cc1c(C(=O)NC2(C(=O)O)CCSCC2)sc2ccc(F)cc12. The maximum atomic E-state index is 13.4. The van der Waals surface area contributed by atoms with E-state index in [4.69, 9.17) is 0 Å². The van der Waals surface area contributed by atoms with Crippen LogP contribution < -0.4 is 5.32 Å². The molecule has 1 aromatic heterocycles. The van der Waals surface area contributed by atoms with Crippen molar-refractivity contribution in [1.82, 2.24) is 5.32 Å². The molecule has 4 nitrogen and oxygen atoms in total. The number of fused-ring (bicyclic) bond motifs is 1. The molecule has 0 saturated carbocycles. The highest BCUT2D eigenvalue weighted by Gasteiger charge is 2.41. The molecule has 122 valence electrons. The van der Waals surface area contributed by atoms with Gasteiger partial charge in [-0.25, -0.2) is 9.18 Å². The number of halogens is 1. The molecule has 1 aliphatic rings. The van der Waals surface area contributed by atoms with Crippen LogP contribution in [0.5, 0.6) is 0 Å². The van der Waals surface area contributed by atoms with Gasteiger partial charge in [-0.2, -0.15) is 11.8 Å². The van der Waals surface area contributed by atoms with Gasteiger partial charge in [0.2, 0.25) is 0 Å². The molecular weight excluding hydrogens is 337 g/mol. The van der Waals surface area contributed by atoms with E-state index in [-0.39, 0.29) is 5.82 Å². The third kappa shape index (κ3) is 2.95. The lowest BCUT2D eigenvalue weighted by molar-refractivity contribution is -0.144. The van der Waals surface area contributed by atoms with Crippen molar-refractivity contribution < 1.29 is 19.1 Å².